The van der Waals surface area contributed by atoms with E-state index in [2.05, 4.69) is 27.9 Å². The topological polar surface area (TPSA) is 72.9 Å². The van der Waals surface area contributed by atoms with E-state index in [4.69, 9.17) is 5.73 Å². The molecule has 0 bridgehead atoms. The Bertz CT molecular complexity index is 562. The SMILES string of the molecule is CCn1c(CNCCCC(N)=O)nc2ccccc21. The number of para-hydroxylation sites is 2. The first-order chi connectivity index (χ1) is 9.22. The number of imidazole rings is 1. The summed E-state index contributed by atoms with van der Waals surface area (Å²) in [6.45, 7) is 4.50. The number of nitrogens with two attached hydrogens (primary N) is 1. The van der Waals surface area contributed by atoms with Gasteiger partial charge in [-0.05, 0) is 32.0 Å². The molecule has 102 valence electrons. The zero-order valence-electron chi connectivity index (χ0n) is 11.2. The molecule has 1 aromatic heterocycles. The van der Waals surface area contributed by atoms with Crippen LogP contribution in [0.25, 0.3) is 11.0 Å². The molecule has 0 aliphatic rings. The van der Waals surface area contributed by atoms with E-state index in [1.165, 1.54) is 5.52 Å². The molecule has 1 heterocycles. The molecule has 0 saturated heterocycles. The molecule has 0 radical (unpaired) electrons. The number of hydrogen-bond donors (Lipinski definition) is 2. The lowest BCUT2D eigenvalue weighted by atomic mass is 10.3. The third kappa shape index (κ3) is 3.32. The van der Waals surface area contributed by atoms with Gasteiger partial charge >= 0.3 is 0 Å². The van der Waals surface area contributed by atoms with E-state index in [0.29, 0.717) is 13.0 Å². The standard InChI is InChI=1S/C14H20N4O/c1-2-18-12-7-4-3-6-11(12)17-14(18)10-16-9-5-8-13(15)19/h3-4,6-7,16H,2,5,8-10H2,1H3,(H2,15,19). The van der Waals surface area contributed by atoms with Crippen molar-refractivity contribution in [2.45, 2.75) is 32.9 Å². The first kappa shape index (κ1) is 13.5. The fraction of sp³-hybridized carbons (Fsp3) is 0.429. The number of nitrogens with zero attached hydrogens (tertiary/aromatic N) is 2. The normalized spacial score (nSPS) is 11.0. The van der Waals surface area contributed by atoms with Crippen LogP contribution in [0.15, 0.2) is 24.3 Å². The highest BCUT2D eigenvalue weighted by Gasteiger charge is 2.07. The minimum atomic E-state index is -0.248. The largest absolute Gasteiger partial charge is 0.370 e. The van der Waals surface area contributed by atoms with Gasteiger partial charge in [0.05, 0.1) is 17.6 Å². The number of rotatable bonds is 7. The number of amides is 1. The molecular formula is C14H20N4O. The molecule has 19 heavy (non-hydrogen) atoms. The van der Waals surface area contributed by atoms with Crippen molar-refractivity contribution in [3.63, 3.8) is 0 Å². The Morgan fingerprint density at radius 2 is 2.21 bits per heavy atom. The summed E-state index contributed by atoms with van der Waals surface area (Å²) >= 11 is 0. The molecule has 0 fully saturated rings. The maximum Gasteiger partial charge on any atom is 0.217 e. The van der Waals surface area contributed by atoms with E-state index in [1.807, 2.05) is 18.2 Å². The summed E-state index contributed by atoms with van der Waals surface area (Å²) in [5.41, 5.74) is 7.29. The maximum atomic E-state index is 10.6. The second-order valence-electron chi connectivity index (χ2n) is 4.51. The van der Waals surface area contributed by atoms with Gasteiger partial charge < -0.3 is 15.6 Å². The summed E-state index contributed by atoms with van der Waals surface area (Å²) in [6, 6.07) is 8.14. The lowest BCUT2D eigenvalue weighted by Crippen LogP contribution is -2.20. The molecule has 0 spiro atoms. The number of primary amides is 1. The van der Waals surface area contributed by atoms with Gasteiger partial charge in [0.25, 0.3) is 0 Å². The summed E-state index contributed by atoms with van der Waals surface area (Å²) < 4.78 is 2.20. The molecule has 2 aromatic rings. The molecule has 0 saturated carbocycles. The third-order valence-electron chi connectivity index (χ3n) is 3.11. The number of aromatic nitrogens is 2. The average Bonchev–Trinajstić information content (AvgIpc) is 2.75. The van der Waals surface area contributed by atoms with Crippen molar-refractivity contribution in [1.82, 2.24) is 14.9 Å². The number of carbonyl (C=O) groups is 1. The number of fused-ring (bicyclic) bond motifs is 1. The summed E-state index contributed by atoms with van der Waals surface area (Å²) in [5, 5.41) is 3.30. The first-order valence-electron chi connectivity index (χ1n) is 6.65. The fourth-order valence-corrected chi connectivity index (χ4v) is 2.20. The Labute approximate surface area is 112 Å². The number of aryl methyl sites for hydroxylation is 1. The van der Waals surface area contributed by atoms with Crippen LogP contribution in [0.1, 0.15) is 25.6 Å². The van der Waals surface area contributed by atoms with Crippen molar-refractivity contribution in [1.29, 1.82) is 0 Å². The van der Waals surface area contributed by atoms with Crippen molar-refractivity contribution < 1.29 is 4.79 Å². The van der Waals surface area contributed by atoms with Crippen LogP contribution in [0.3, 0.4) is 0 Å². The van der Waals surface area contributed by atoms with Crippen LogP contribution in [0, 0.1) is 0 Å². The van der Waals surface area contributed by atoms with Gasteiger partial charge in [-0.25, -0.2) is 4.98 Å². The second-order valence-corrected chi connectivity index (χ2v) is 4.51. The number of carbonyl (C=O) groups excluding carboxylic acids is 1. The Balaban J connectivity index is 1.98. The Morgan fingerprint density at radius 1 is 1.42 bits per heavy atom. The highest BCUT2D eigenvalue weighted by molar-refractivity contribution is 5.75. The zero-order chi connectivity index (χ0) is 13.7. The minimum absolute atomic E-state index is 0.248. The van der Waals surface area contributed by atoms with Gasteiger partial charge in [0, 0.05) is 13.0 Å². The summed E-state index contributed by atoms with van der Waals surface area (Å²) in [7, 11) is 0. The van der Waals surface area contributed by atoms with Gasteiger partial charge in [0.1, 0.15) is 5.82 Å². The van der Waals surface area contributed by atoms with Crippen LogP contribution in [-0.2, 0) is 17.9 Å². The predicted octanol–water partition coefficient (Wildman–Crippen LogP) is 1.41. The molecule has 0 unspecified atom stereocenters. The first-order valence-corrected chi connectivity index (χ1v) is 6.65. The van der Waals surface area contributed by atoms with Crippen LogP contribution in [0.5, 0.6) is 0 Å². The summed E-state index contributed by atoms with van der Waals surface area (Å²) in [6.07, 6.45) is 1.19. The smallest absolute Gasteiger partial charge is 0.217 e. The highest BCUT2D eigenvalue weighted by Crippen LogP contribution is 2.15. The van der Waals surface area contributed by atoms with Crippen LogP contribution >= 0.6 is 0 Å². The van der Waals surface area contributed by atoms with E-state index < -0.39 is 0 Å². The molecule has 0 aliphatic carbocycles. The van der Waals surface area contributed by atoms with Crippen molar-refractivity contribution in [3.8, 4) is 0 Å². The van der Waals surface area contributed by atoms with Crippen molar-refractivity contribution in [2.75, 3.05) is 6.54 Å². The lowest BCUT2D eigenvalue weighted by molar-refractivity contribution is -0.118. The van der Waals surface area contributed by atoms with E-state index >= 15 is 0 Å². The fourth-order valence-electron chi connectivity index (χ4n) is 2.20. The number of nitrogens with one attached hydrogen (secondary N) is 1. The molecule has 0 atom stereocenters. The molecule has 0 aliphatic heterocycles. The highest BCUT2D eigenvalue weighted by atomic mass is 16.1. The van der Waals surface area contributed by atoms with E-state index in [1.54, 1.807) is 0 Å². The monoisotopic (exact) mass is 260 g/mol. The minimum Gasteiger partial charge on any atom is -0.370 e. The zero-order valence-corrected chi connectivity index (χ0v) is 11.2. The Hall–Kier alpha value is -1.88. The van der Waals surface area contributed by atoms with Crippen LogP contribution in [0.2, 0.25) is 0 Å². The van der Waals surface area contributed by atoms with Crippen LogP contribution in [0.4, 0.5) is 0 Å². The second kappa shape index (κ2) is 6.33. The number of hydrogen-bond acceptors (Lipinski definition) is 3. The van der Waals surface area contributed by atoms with E-state index in [9.17, 15) is 4.79 Å². The molecule has 5 heteroatoms. The van der Waals surface area contributed by atoms with E-state index in [0.717, 1.165) is 30.9 Å². The van der Waals surface area contributed by atoms with E-state index in [-0.39, 0.29) is 5.91 Å². The van der Waals surface area contributed by atoms with Gasteiger partial charge in [-0.1, -0.05) is 12.1 Å². The summed E-state index contributed by atoms with van der Waals surface area (Å²) in [5.74, 6) is 0.783. The van der Waals surface area contributed by atoms with Gasteiger partial charge in [0.2, 0.25) is 5.91 Å². The molecule has 2 rings (SSSR count). The van der Waals surface area contributed by atoms with Gasteiger partial charge in [0.15, 0.2) is 0 Å². The average molecular weight is 260 g/mol. The number of benzene rings is 1. The molecule has 1 amide bonds. The van der Waals surface area contributed by atoms with Crippen molar-refractivity contribution >= 4 is 16.9 Å². The Kier molecular flexibility index (Phi) is 4.52. The van der Waals surface area contributed by atoms with Crippen molar-refractivity contribution in [2.24, 2.45) is 5.73 Å². The molecular weight excluding hydrogens is 240 g/mol. The van der Waals surface area contributed by atoms with Crippen LogP contribution in [-0.4, -0.2) is 22.0 Å². The van der Waals surface area contributed by atoms with Gasteiger partial charge in [-0.3, -0.25) is 4.79 Å². The molecule has 3 N–H and O–H groups in total. The van der Waals surface area contributed by atoms with Crippen molar-refractivity contribution in [3.05, 3.63) is 30.1 Å². The summed E-state index contributed by atoms with van der Waals surface area (Å²) in [4.78, 5) is 15.3. The lowest BCUT2D eigenvalue weighted by Gasteiger charge is -2.07. The van der Waals surface area contributed by atoms with Gasteiger partial charge in [-0.2, -0.15) is 0 Å². The quantitative estimate of drug-likeness (QED) is 0.739. The maximum absolute atomic E-state index is 10.6. The Morgan fingerprint density at radius 3 is 2.95 bits per heavy atom. The van der Waals surface area contributed by atoms with Gasteiger partial charge in [-0.15, -0.1) is 0 Å². The molecule has 1 aromatic carbocycles. The third-order valence-corrected chi connectivity index (χ3v) is 3.11. The predicted molar refractivity (Wildman–Crippen MR) is 75.5 cm³/mol. The van der Waals surface area contributed by atoms with Crippen LogP contribution < -0.4 is 11.1 Å². The molecule has 5 nitrogen and oxygen atoms in total.